The number of phenols is 1. The lowest BCUT2D eigenvalue weighted by Gasteiger charge is -2.31. The minimum atomic E-state index is -0.0677. The molecule has 1 atom stereocenters. The molecule has 1 saturated carbocycles. The Balaban J connectivity index is 1.66. The van der Waals surface area contributed by atoms with Gasteiger partial charge in [0, 0.05) is 17.7 Å². The van der Waals surface area contributed by atoms with Gasteiger partial charge in [0.2, 0.25) is 0 Å². The second kappa shape index (κ2) is 6.19. The molecular formula is C18H21NO2. The Morgan fingerprint density at radius 3 is 2.52 bits per heavy atom. The molecule has 0 radical (unpaired) electrons. The molecule has 2 aromatic rings. The highest BCUT2D eigenvalue weighted by Crippen LogP contribution is 2.39. The van der Waals surface area contributed by atoms with Gasteiger partial charge in [-0.15, -0.1) is 0 Å². The first-order valence-electron chi connectivity index (χ1n) is 7.49. The summed E-state index contributed by atoms with van der Waals surface area (Å²) in [5, 5.41) is 10.2. The number of aromatic hydroxyl groups is 1. The van der Waals surface area contributed by atoms with E-state index >= 15 is 0 Å². The van der Waals surface area contributed by atoms with Crippen molar-refractivity contribution in [3.05, 3.63) is 59.7 Å². The van der Waals surface area contributed by atoms with Crippen LogP contribution in [0.4, 0.5) is 0 Å². The fourth-order valence-corrected chi connectivity index (χ4v) is 2.69. The normalized spacial score (nSPS) is 16.2. The lowest BCUT2D eigenvalue weighted by molar-refractivity contribution is 0.259. The molecule has 1 aliphatic carbocycles. The molecule has 0 heterocycles. The maximum Gasteiger partial charge on any atom is 0.124 e. The summed E-state index contributed by atoms with van der Waals surface area (Å²) in [6, 6.07) is 15.3. The molecule has 0 aliphatic heterocycles. The van der Waals surface area contributed by atoms with Crippen LogP contribution in [-0.4, -0.2) is 5.11 Å². The van der Waals surface area contributed by atoms with Gasteiger partial charge in [0.05, 0.1) is 0 Å². The van der Waals surface area contributed by atoms with Crippen molar-refractivity contribution in [2.75, 3.05) is 0 Å². The first kappa shape index (κ1) is 14.0. The van der Waals surface area contributed by atoms with Gasteiger partial charge in [-0.05, 0) is 30.4 Å². The molecule has 2 aromatic carbocycles. The van der Waals surface area contributed by atoms with Crippen LogP contribution in [0.3, 0.4) is 0 Å². The molecule has 21 heavy (non-hydrogen) atoms. The van der Waals surface area contributed by atoms with Crippen molar-refractivity contribution in [1.29, 1.82) is 0 Å². The maximum absolute atomic E-state index is 10.2. The second-order valence-electron chi connectivity index (χ2n) is 5.71. The summed E-state index contributed by atoms with van der Waals surface area (Å²) in [6.07, 6.45) is 3.57. The van der Waals surface area contributed by atoms with E-state index in [9.17, 15) is 5.11 Å². The van der Waals surface area contributed by atoms with Crippen LogP contribution < -0.4 is 10.5 Å². The third kappa shape index (κ3) is 3.19. The highest BCUT2D eigenvalue weighted by Gasteiger charge is 2.27. The van der Waals surface area contributed by atoms with Crippen LogP contribution in [0.1, 0.15) is 36.4 Å². The Bertz CT molecular complexity index is 593. The third-order valence-electron chi connectivity index (χ3n) is 4.27. The Labute approximate surface area is 125 Å². The van der Waals surface area contributed by atoms with Crippen molar-refractivity contribution >= 4 is 0 Å². The lowest BCUT2D eigenvalue weighted by Crippen LogP contribution is -2.26. The van der Waals surface area contributed by atoms with Crippen LogP contribution in [0.25, 0.3) is 0 Å². The molecule has 3 heteroatoms. The number of phenolic OH excluding ortho intramolecular Hbond substituents is 1. The van der Waals surface area contributed by atoms with Crippen LogP contribution in [0.15, 0.2) is 48.5 Å². The summed E-state index contributed by atoms with van der Waals surface area (Å²) in [7, 11) is 0. The Kier molecular flexibility index (Phi) is 4.11. The average molecular weight is 283 g/mol. The summed E-state index contributed by atoms with van der Waals surface area (Å²) >= 11 is 0. The first-order chi connectivity index (χ1) is 10.2. The topological polar surface area (TPSA) is 55.5 Å². The zero-order valence-electron chi connectivity index (χ0n) is 12.0. The predicted octanol–water partition coefficient (Wildman–Crippen LogP) is 3.77. The second-order valence-corrected chi connectivity index (χ2v) is 5.71. The summed E-state index contributed by atoms with van der Waals surface area (Å²) < 4.78 is 5.71. The monoisotopic (exact) mass is 283 g/mol. The van der Waals surface area contributed by atoms with Gasteiger partial charge in [-0.1, -0.05) is 42.8 Å². The molecule has 0 spiro atoms. The van der Waals surface area contributed by atoms with E-state index in [0.29, 0.717) is 18.3 Å². The van der Waals surface area contributed by atoms with Gasteiger partial charge in [-0.2, -0.15) is 0 Å². The van der Waals surface area contributed by atoms with Crippen LogP contribution in [0.5, 0.6) is 11.5 Å². The molecule has 3 rings (SSSR count). The molecular weight excluding hydrogens is 262 g/mol. The van der Waals surface area contributed by atoms with Crippen LogP contribution in [0, 0.1) is 5.92 Å². The number of nitrogens with two attached hydrogens (primary N) is 1. The van der Waals surface area contributed by atoms with Gasteiger partial charge in [-0.3, -0.25) is 0 Å². The van der Waals surface area contributed by atoms with Crippen molar-refractivity contribution in [3.8, 4) is 11.5 Å². The lowest BCUT2D eigenvalue weighted by atomic mass is 9.77. The highest BCUT2D eigenvalue weighted by molar-refractivity contribution is 5.41. The molecule has 110 valence electrons. The van der Waals surface area contributed by atoms with E-state index in [0.717, 1.165) is 24.0 Å². The van der Waals surface area contributed by atoms with E-state index in [2.05, 4.69) is 0 Å². The van der Waals surface area contributed by atoms with Crippen molar-refractivity contribution in [2.45, 2.75) is 31.9 Å². The first-order valence-corrected chi connectivity index (χ1v) is 7.49. The Morgan fingerprint density at radius 2 is 1.90 bits per heavy atom. The number of hydrogen-bond donors (Lipinski definition) is 2. The van der Waals surface area contributed by atoms with Gasteiger partial charge in [0.1, 0.15) is 18.1 Å². The standard InChI is InChI=1S/C18H21NO2/c19-18(14-7-4-8-14)16-10-9-15(11-17(16)20)21-12-13-5-2-1-3-6-13/h1-3,5-6,9-11,14,18,20H,4,7-8,12,19H2/t18-/m0/s1. The highest BCUT2D eigenvalue weighted by atomic mass is 16.5. The van der Waals surface area contributed by atoms with E-state index < -0.39 is 0 Å². The largest absolute Gasteiger partial charge is 0.507 e. The molecule has 0 bridgehead atoms. The smallest absolute Gasteiger partial charge is 0.124 e. The molecule has 0 unspecified atom stereocenters. The van der Waals surface area contributed by atoms with Crippen molar-refractivity contribution in [2.24, 2.45) is 11.7 Å². The number of rotatable bonds is 5. The Hall–Kier alpha value is -2.00. The SMILES string of the molecule is N[C@H](c1ccc(OCc2ccccc2)cc1O)C1CCC1. The molecule has 1 aliphatic rings. The fourth-order valence-electron chi connectivity index (χ4n) is 2.69. The number of benzene rings is 2. The quantitative estimate of drug-likeness (QED) is 0.878. The summed E-state index contributed by atoms with van der Waals surface area (Å²) in [4.78, 5) is 0. The molecule has 0 aromatic heterocycles. The van der Waals surface area contributed by atoms with E-state index in [1.807, 2.05) is 42.5 Å². The fraction of sp³-hybridized carbons (Fsp3) is 0.333. The average Bonchev–Trinajstić information content (AvgIpc) is 2.44. The van der Waals surface area contributed by atoms with E-state index in [-0.39, 0.29) is 11.8 Å². The van der Waals surface area contributed by atoms with Gasteiger partial charge in [0.25, 0.3) is 0 Å². The van der Waals surface area contributed by atoms with Gasteiger partial charge in [0.15, 0.2) is 0 Å². The van der Waals surface area contributed by atoms with Crippen LogP contribution in [0.2, 0.25) is 0 Å². The van der Waals surface area contributed by atoms with Crippen LogP contribution >= 0.6 is 0 Å². The van der Waals surface area contributed by atoms with Crippen molar-refractivity contribution < 1.29 is 9.84 Å². The van der Waals surface area contributed by atoms with Gasteiger partial charge in [-0.25, -0.2) is 0 Å². The van der Waals surface area contributed by atoms with Crippen LogP contribution in [-0.2, 0) is 6.61 Å². The predicted molar refractivity (Wildman–Crippen MR) is 83.2 cm³/mol. The third-order valence-corrected chi connectivity index (χ3v) is 4.27. The Morgan fingerprint density at radius 1 is 1.14 bits per heavy atom. The van der Waals surface area contributed by atoms with Crippen molar-refractivity contribution in [1.82, 2.24) is 0 Å². The van der Waals surface area contributed by atoms with Gasteiger partial charge >= 0.3 is 0 Å². The zero-order valence-corrected chi connectivity index (χ0v) is 12.0. The minimum absolute atomic E-state index is 0.0677. The number of hydrogen-bond acceptors (Lipinski definition) is 3. The molecule has 3 nitrogen and oxygen atoms in total. The van der Waals surface area contributed by atoms with Crippen molar-refractivity contribution in [3.63, 3.8) is 0 Å². The zero-order chi connectivity index (χ0) is 14.7. The molecule has 0 amide bonds. The number of ether oxygens (including phenoxy) is 1. The van der Waals surface area contributed by atoms with E-state index in [4.69, 9.17) is 10.5 Å². The van der Waals surface area contributed by atoms with E-state index in [1.54, 1.807) is 6.07 Å². The molecule has 3 N–H and O–H groups in total. The minimum Gasteiger partial charge on any atom is -0.507 e. The molecule has 1 fully saturated rings. The van der Waals surface area contributed by atoms with Gasteiger partial charge < -0.3 is 15.6 Å². The maximum atomic E-state index is 10.2. The summed E-state index contributed by atoms with van der Waals surface area (Å²) in [6.45, 7) is 0.494. The summed E-state index contributed by atoms with van der Waals surface area (Å²) in [5.74, 6) is 1.41. The summed E-state index contributed by atoms with van der Waals surface area (Å²) in [5.41, 5.74) is 8.15. The molecule has 0 saturated heterocycles. The van der Waals surface area contributed by atoms with E-state index in [1.165, 1.54) is 6.42 Å².